The molecule has 1 amide bonds. The van der Waals surface area contributed by atoms with Gasteiger partial charge in [0, 0.05) is 24.2 Å². The smallest absolute Gasteiger partial charge is 0.246 e. The fraction of sp³-hybridized carbons (Fsp3) is 0.357. The average Bonchev–Trinajstić information content (AvgIpc) is 3.12. The fourth-order valence-electron chi connectivity index (χ4n) is 1.84. The SMILES string of the molecule is CC=CC(=O)N(Cc1ccc(F)cc1F)C1CC1. The maximum absolute atomic E-state index is 13.5. The van der Waals surface area contributed by atoms with E-state index in [4.69, 9.17) is 0 Å². The molecule has 1 aromatic rings. The number of hydrogen-bond donors (Lipinski definition) is 0. The molecule has 2 rings (SSSR count). The summed E-state index contributed by atoms with van der Waals surface area (Å²) in [5, 5.41) is 0. The minimum atomic E-state index is -0.603. The van der Waals surface area contributed by atoms with Crippen molar-refractivity contribution in [1.29, 1.82) is 0 Å². The first-order valence-electron chi connectivity index (χ1n) is 5.99. The van der Waals surface area contributed by atoms with Crippen LogP contribution in [0, 0.1) is 11.6 Å². The Morgan fingerprint density at radius 2 is 2.17 bits per heavy atom. The Balaban J connectivity index is 2.15. The lowest BCUT2D eigenvalue weighted by atomic mass is 10.2. The van der Waals surface area contributed by atoms with Crippen molar-refractivity contribution < 1.29 is 13.6 Å². The number of hydrogen-bond acceptors (Lipinski definition) is 1. The van der Waals surface area contributed by atoms with Gasteiger partial charge in [-0.1, -0.05) is 12.1 Å². The molecule has 0 radical (unpaired) electrons. The molecule has 1 aliphatic carbocycles. The summed E-state index contributed by atoms with van der Waals surface area (Å²) in [5.41, 5.74) is 0.348. The minimum Gasteiger partial charge on any atom is -0.332 e. The molecule has 0 heterocycles. The van der Waals surface area contributed by atoms with Gasteiger partial charge in [-0.2, -0.15) is 0 Å². The summed E-state index contributed by atoms with van der Waals surface area (Å²) < 4.78 is 26.4. The molecule has 96 valence electrons. The van der Waals surface area contributed by atoms with Crippen LogP contribution in [0.1, 0.15) is 25.3 Å². The summed E-state index contributed by atoms with van der Waals surface area (Å²) >= 11 is 0. The van der Waals surface area contributed by atoms with Crippen LogP contribution in [0.2, 0.25) is 0 Å². The van der Waals surface area contributed by atoms with Gasteiger partial charge in [0.1, 0.15) is 11.6 Å². The lowest BCUT2D eigenvalue weighted by molar-refractivity contribution is -0.127. The van der Waals surface area contributed by atoms with E-state index in [-0.39, 0.29) is 18.5 Å². The van der Waals surface area contributed by atoms with Gasteiger partial charge in [-0.25, -0.2) is 8.78 Å². The topological polar surface area (TPSA) is 20.3 Å². The van der Waals surface area contributed by atoms with E-state index in [1.54, 1.807) is 17.9 Å². The van der Waals surface area contributed by atoms with Crippen LogP contribution in [0.3, 0.4) is 0 Å². The van der Waals surface area contributed by atoms with Crippen LogP contribution in [0.25, 0.3) is 0 Å². The van der Waals surface area contributed by atoms with Gasteiger partial charge in [0.05, 0.1) is 0 Å². The van der Waals surface area contributed by atoms with Gasteiger partial charge < -0.3 is 4.90 Å². The highest BCUT2D eigenvalue weighted by Gasteiger charge is 2.31. The van der Waals surface area contributed by atoms with Crippen LogP contribution in [-0.4, -0.2) is 16.8 Å². The first-order valence-corrected chi connectivity index (χ1v) is 5.99. The monoisotopic (exact) mass is 251 g/mol. The maximum Gasteiger partial charge on any atom is 0.246 e. The van der Waals surface area contributed by atoms with Crippen molar-refractivity contribution in [2.75, 3.05) is 0 Å². The molecule has 4 heteroatoms. The number of carbonyl (C=O) groups is 1. The second-order valence-corrected chi connectivity index (χ2v) is 4.43. The lowest BCUT2D eigenvalue weighted by Crippen LogP contribution is -2.31. The summed E-state index contributed by atoms with van der Waals surface area (Å²) in [7, 11) is 0. The quantitative estimate of drug-likeness (QED) is 0.753. The predicted octanol–water partition coefficient (Wildman–Crippen LogP) is 3.03. The van der Waals surface area contributed by atoms with Gasteiger partial charge in [-0.05, 0) is 31.9 Å². The molecule has 1 aliphatic rings. The van der Waals surface area contributed by atoms with E-state index in [2.05, 4.69) is 0 Å². The molecule has 2 nitrogen and oxygen atoms in total. The zero-order chi connectivity index (χ0) is 13.1. The summed E-state index contributed by atoms with van der Waals surface area (Å²) in [6.07, 6.45) is 5.04. The Kier molecular flexibility index (Phi) is 3.75. The maximum atomic E-state index is 13.5. The van der Waals surface area contributed by atoms with E-state index in [0.717, 1.165) is 18.9 Å². The molecule has 0 unspecified atom stereocenters. The third-order valence-electron chi connectivity index (χ3n) is 2.94. The van der Waals surface area contributed by atoms with Gasteiger partial charge in [-0.3, -0.25) is 4.79 Å². The second kappa shape index (κ2) is 5.29. The molecule has 1 saturated carbocycles. The number of halogens is 2. The Hall–Kier alpha value is -1.71. The van der Waals surface area contributed by atoms with E-state index in [1.165, 1.54) is 18.2 Å². The van der Waals surface area contributed by atoms with Gasteiger partial charge in [0.25, 0.3) is 0 Å². The lowest BCUT2D eigenvalue weighted by Gasteiger charge is -2.21. The number of carbonyl (C=O) groups excluding carboxylic acids is 1. The number of nitrogens with zero attached hydrogens (tertiary/aromatic N) is 1. The largest absolute Gasteiger partial charge is 0.332 e. The number of allylic oxidation sites excluding steroid dienone is 1. The van der Waals surface area contributed by atoms with Crippen molar-refractivity contribution >= 4 is 5.91 Å². The fourth-order valence-corrected chi connectivity index (χ4v) is 1.84. The van der Waals surface area contributed by atoms with E-state index < -0.39 is 11.6 Å². The Morgan fingerprint density at radius 3 is 2.72 bits per heavy atom. The molecule has 1 fully saturated rings. The van der Waals surface area contributed by atoms with Crippen LogP contribution in [0.4, 0.5) is 8.78 Å². The Morgan fingerprint density at radius 1 is 1.44 bits per heavy atom. The molecular formula is C14H15F2NO. The van der Waals surface area contributed by atoms with Crippen molar-refractivity contribution in [3.05, 3.63) is 47.5 Å². The molecule has 0 aromatic heterocycles. The van der Waals surface area contributed by atoms with Gasteiger partial charge in [-0.15, -0.1) is 0 Å². The van der Waals surface area contributed by atoms with Crippen molar-refractivity contribution in [2.45, 2.75) is 32.4 Å². The van der Waals surface area contributed by atoms with E-state index in [9.17, 15) is 13.6 Å². The van der Waals surface area contributed by atoms with Gasteiger partial charge >= 0.3 is 0 Å². The number of benzene rings is 1. The zero-order valence-electron chi connectivity index (χ0n) is 10.2. The summed E-state index contributed by atoms with van der Waals surface area (Å²) in [4.78, 5) is 13.5. The molecular weight excluding hydrogens is 236 g/mol. The average molecular weight is 251 g/mol. The molecule has 18 heavy (non-hydrogen) atoms. The van der Waals surface area contributed by atoms with Crippen LogP contribution in [-0.2, 0) is 11.3 Å². The third kappa shape index (κ3) is 2.94. The van der Waals surface area contributed by atoms with Gasteiger partial charge in [0.2, 0.25) is 5.91 Å². The second-order valence-electron chi connectivity index (χ2n) is 4.43. The molecule has 0 atom stereocenters. The minimum absolute atomic E-state index is 0.122. The summed E-state index contributed by atoms with van der Waals surface area (Å²) in [6, 6.07) is 3.64. The number of rotatable bonds is 4. The molecule has 0 N–H and O–H groups in total. The first kappa shape index (κ1) is 12.7. The molecule has 1 aromatic carbocycles. The molecule has 0 bridgehead atoms. The van der Waals surface area contributed by atoms with Crippen LogP contribution in [0.15, 0.2) is 30.4 Å². The van der Waals surface area contributed by atoms with E-state index >= 15 is 0 Å². The summed E-state index contributed by atoms with van der Waals surface area (Å²) in [6.45, 7) is 1.96. The highest BCUT2D eigenvalue weighted by atomic mass is 19.1. The highest BCUT2D eigenvalue weighted by Crippen LogP contribution is 2.29. The highest BCUT2D eigenvalue weighted by molar-refractivity contribution is 5.88. The molecule has 0 aliphatic heterocycles. The number of amides is 1. The van der Waals surface area contributed by atoms with Crippen molar-refractivity contribution in [3.63, 3.8) is 0 Å². The molecule has 0 spiro atoms. The van der Waals surface area contributed by atoms with Crippen LogP contribution < -0.4 is 0 Å². The van der Waals surface area contributed by atoms with E-state index in [0.29, 0.717) is 5.56 Å². The molecule has 0 saturated heterocycles. The zero-order valence-corrected chi connectivity index (χ0v) is 10.2. The third-order valence-corrected chi connectivity index (χ3v) is 2.94. The Labute approximate surface area is 105 Å². The standard InChI is InChI=1S/C14H15F2NO/c1-2-3-14(18)17(12-6-7-12)9-10-4-5-11(15)8-13(10)16/h2-5,8,12H,6-7,9H2,1H3. The normalized spacial score (nSPS) is 15.1. The summed E-state index contributed by atoms with van der Waals surface area (Å²) in [5.74, 6) is -1.33. The first-order chi connectivity index (χ1) is 8.61. The van der Waals surface area contributed by atoms with Crippen molar-refractivity contribution in [1.82, 2.24) is 4.90 Å². The van der Waals surface area contributed by atoms with Gasteiger partial charge in [0.15, 0.2) is 0 Å². The van der Waals surface area contributed by atoms with Crippen molar-refractivity contribution in [2.24, 2.45) is 0 Å². The van der Waals surface area contributed by atoms with E-state index in [1.807, 2.05) is 0 Å². The Bertz CT molecular complexity index is 481. The predicted molar refractivity (Wildman–Crippen MR) is 64.7 cm³/mol. The van der Waals surface area contributed by atoms with Crippen molar-refractivity contribution in [3.8, 4) is 0 Å². The van der Waals surface area contributed by atoms with Crippen LogP contribution >= 0.6 is 0 Å². The van der Waals surface area contributed by atoms with Crippen LogP contribution in [0.5, 0.6) is 0 Å².